The second-order valence-electron chi connectivity index (χ2n) is 14.5. The number of aryl methyl sites for hydroxylation is 1. The number of piperidine rings is 1. The summed E-state index contributed by atoms with van der Waals surface area (Å²) >= 11 is 0. The number of aliphatic hydroxyl groups is 1. The van der Waals surface area contributed by atoms with Gasteiger partial charge in [0, 0.05) is 61.0 Å². The molecule has 2 amide bonds. The van der Waals surface area contributed by atoms with Crippen LogP contribution in [-0.2, 0) is 22.5 Å². The van der Waals surface area contributed by atoms with E-state index in [9.17, 15) is 24.6 Å². The van der Waals surface area contributed by atoms with Crippen LogP contribution in [-0.4, -0.2) is 78.6 Å². The van der Waals surface area contributed by atoms with E-state index in [4.69, 9.17) is 9.47 Å². The van der Waals surface area contributed by atoms with E-state index in [0.29, 0.717) is 34.4 Å². The van der Waals surface area contributed by atoms with E-state index in [1.54, 1.807) is 6.07 Å². The SMILES string of the molecule is COc1cc(NC(=O)CCc2ccc(-c3ccccc3)c(NC(=O)OC3CC[N+](C)(C)CC3)c2)c(F)cc1CNC[C@H](O)c1ccc(O)c2[nH]c(=O)ccc12. The number of amides is 2. The highest BCUT2D eigenvalue weighted by atomic mass is 19.1. The molecule has 55 heavy (non-hydrogen) atoms. The standard InChI is InChI=1S/C42H46FN5O7/c1-48(2)19-17-29(18-20-48)55-42(53)46-34-21-26(9-11-30(34)27-7-5-4-6-8-27)10-15-39(51)45-35-23-38(54-3)28(22-33(35)43)24-44-25-37(50)31-12-14-36(49)41-32(31)13-16-40(52)47-41/h4-9,11-14,16,21-23,29,37,44,50H,10,15,17-20,24-25H2,1-3H3,(H3-,45,46,47,49,51,52,53)/p+1/t37-/m0/s1. The number of likely N-dealkylation sites (tertiary alicyclic amines) is 1. The molecule has 6 N–H and O–H groups in total. The second-order valence-corrected chi connectivity index (χ2v) is 14.5. The number of benzene rings is 4. The Morgan fingerprint density at radius 2 is 1.73 bits per heavy atom. The van der Waals surface area contributed by atoms with Crippen molar-refractivity contribution in [2.24, 2.45) is 0 Å². The number of hydrogen-bond acceptors (Lipinski definition) is 8. The smallest absolute Gasteiger partial charge is 0.411 e. The lowest BCUT2D eigenvalue weighted by atomic mass is 9.99. The molecule has 13 heteroatoms. The molecule has 1 aliphatic rings. The Balaban J connectivity index is 1.07. The first-order chi connectivity index (χ1) is 26.4. The first-order valence-electron chi connectivity index (χ1n) is 18.3. The van der Waals surface area contributed by atoms with Crippen molar-refractivity contribution in [2.75, 3.05) is 51.5 Å². The second kappa shape index (κ2) is 17.1. The van der Waals surface area contributed by atoms with E-state index in [2.05, 4.69) is 35.0 Å². The number of phenolic OH excluding ortho intramolecular Hbond substituents is 1. The van der Waals surface area contributed by atoms with Gasteiger partial charge in [0.05, 0.1) is 57.3 Å². The van der Waals surface area contributed by atoms with Gasteiger partial charge in [0.2, 0.25) is 11.5 Å². The van der Waals surface area contributed by atoms with Gasteiger partial charge in [-0.3, -0.25) is 14.9 Å². The average Bonchev–Trinajstić information content (AvgIpc) is 3.16. The van der Waals surface area contributed by atoms with Crippen LogP contribution in [0.5, 0.6) is 11.5 Å². The van der Waals surface area contributed by atoms with Crippen LogP contribution >= 0.6 is 0 Å². The molecule has 1 atom stereocenters. The van der Waals surface area contributed by atoms with Gasteiger partial charge in [0.15, 0.2) is 0 Å². The normalized spacial score (nSPS) is 14.6. The molecule has 1 aromatic heterocycles. The number of pyridine rings is 1. The lowest BCUT2D eigenvalue weighted by Crippen LogP contribution is -2.48. The number of quaternary nitrogens is 1. The fourth-order valence-electron chi connectivity index (χ4n) is 6.86. The number of ether oxygens (including phenoxy) is 2. The van der Waals surface area contributed by atoms with Crippen LogP contribution in [0.25, 0.3) is 22.0 Å². The number of aromatic nitrogens is 1. The third kappa shape index (κ3) is 9.87. The summed E-state index contributed by atoms with van der Waals surface area (Å²) in [4.78, 5) is 40.4. The summed E-state index contributed by atoms with van der Waals surface area (Å²) in [6, 6.07) is 23.8. The molecule has 0 saturated carbocycles. The largest absolute Gasteiger partial charge is 0.506 e. The Morgan fingerprint density at radius 1 is 0.964 bits per heavy atom. The molecule has 0 spiro atoms. The van der Waals surface area contributed by atoms with Crippen molar-refractivity contribution in [3.8, 4) is 22.6 Å². The highest BCUT2D eigenvalue weighted by Crippen LogP contribution is 2.32. The molecule has 5 aromatic rings. The third-order valence-electron chi connectivity index (χ3n) is 10.00. The molecule has 1 saturated heterocycles. The van der Waals surface area contributed by atoms with Crippen molar-refractivity contribution < 1.29 is 38.1 Å². The maximum absolute atomic E-state index is 15.3. The van der Waals surface area contributed by atoms with E-state index >= 15 is 4.39 Å². The van der Waals surface area contributed by atoms with Crippen LogP contribution in [0.4, 0.5) is 20.6 Å². The Morgan fingerprint density at radius 3 is 2.47 bits per heavy atom. The number of carbonyl (C=O) groups excluding carboxylic acids is 2. The molecule has 12 nitrogen and oxygen atoms in total. The van der Waals surface area contributed by atoms with Gasteiger partial charge in [0.25, 0.3) is 0 Å². The molecular formula is C42H47FN5O7+. The zero-order chi connectivity index (χ0) is 39.1. The minimum absolute atomic E-state index is 0.0374. The van der Waals surface area contributed by atoms with Gasteiger partial charge in [-0.1, -0.05) is 48.5 Å². The zero-order valence-electron chi connectivity index (χ0n) is 31.2. The Bertz CT molecular complexity index is 2220. The highest BCUT2D eigenvalue weighted by Gasteiger charge is 2.29. The third-order valence-corrected chi connectivity index (χ3v) is 10.00. The maximum Gasteiger partial charge on any atom is 0.411 e. The van der Waals surface area contributed by atoms with Crippen molar-refractivity contribution in [1.82, 2.24) is 10.3 Å². The molecule has 1 fully saturated rings. The average molecular weight is 753 g/mol. The fourth-order valence-corrected chi connectivity index (χ4v) is 6.86. The molecule has 4 aromatic carbocycles. The van der Waals surface area contributed by atoms with Crippen molar-refractivity contribution in [3.63, 3.8) is 0 Å². The number of aromatic hydroxyl groups is 1. The number of nitrogens with zero attached hydrogens (tertiary/aromatic N) is 1. The lowest BCUT2D eigenvalue weighted by Gasteiger charge is -2.36. The number of carbonyl (C=O) groups is 2. The number of fused-ring (bicyclic) bond motifs is 1. The Hall–Kier alpha value is -5.76. The number of aliphatic hydroxyl groups excluding tert-OH is 1. The molecule has 0 radical (unpaired) electrons. The summed E-state index contributed by atoms with van der Waals surface area (Å²) in [5.41, 5.74) is 3.88. The predicted octanol–water partition coefficient (Wildman–Crippen LogP) is 6.23. The Labute approximate surface area is 318 Å². The van der Waals surface area contributed by atoms with E-state index in [0.717, 1.165) is 47.1 Å². The van der Waals surface area contributed by atoms with E-state index in [1.165, 1.54) is 37.4 Å². The van der Waals surface area contributed by atoms with E-state index in [1.807, 2.05) is 48.5 Å². The number of halogens is 1. The molecule has 1 aliphatic heterocycles. The van der Waals surface area contributed by atoms with E-state index in [-0.39, 0.29) is 48.1 Å². The molecule has 0 aliphatic carbocycles. The summed E-state index contributed by atoms with van der Waals surface area (Å²) in [5, 5.41) is 30.2. The first-order valence-corrected chi connectivity index (χ1v) is 18.3. The van der Waals surface area contributed by atoms with Gasteiger partial charge in [0.1, 0.15) is 23.4 Å². The topological polar surface area (TPSA) is 162 Å². The number of rotatable bonds is 13. The van der Waals surface area contributed by atoms with Gasteiger partial charge in [-0.05, 0) is 47.4 Å². The Kier molecular flexibility index (Phi) is 12.1. The molecule has 2 heterocycles. The summed E-state index contributed by atoms with van der Waals surface area (Å²) in [6.07, 6.45) is 0.290. The van der Waals surface area contributed by atoms with Crippen LogP contribution in [0.3, 0.4) is 0 Å². The zero-order valence-corrected chi connectivity index (χ0v) is 31.2. The van der Waals surface area contributed by atoms with E-state index < -0.39 is 23.9 Å². The van der Waals surface area contributed by atoms with Gasteiger partial charge in [-0.15, -0.1) is 0 Å². The maximum atomic E-state index is 15.3. The van der Waals surface area contributed by atoms with Crippen LogP contribution in [0.15, 0.2) is 89.7 Å². The highest BCUT2D eigenvalue weighted by molar-refractivity contribution is 5.93. The lowest BCUT2D eigenvalue weighted by molar-refractivity contribution is -0.896. The summed E-state index contributed by atoms with van der Waals surface area (Å²) in [7, 11) is 5.78. The summed E-state index contributed by atoms with van der Waals surface area (Å²) < 4.78 is 27.5. The fraction of sp³-hybridized carbons (Fsp3) is 0.310. The van der Waals surface area contributed by atoms with Gasteiger partial charge < -0.3 is 39.8 Å². The number of aromatic amines is 1. The predicted molar refractivity (Wildman–Crippen MR) is 210 cm³/mol. The van der Waals surface area contributed by atoms with Crippen molar-refractivity contribution >= 4 is 34.3 Å². The first kappa shape index (κ1) is 38.9. The minimum atomic E-state index is -1.01. The monoisotopic (exact) mass is 752 g/mol. The molecule has 288 valence electrons. The van der Waals surface area contributed by atoms with Gasteiger partial charge in [-0.2, -0.15) is 0 Å². The van der Waals surface area contributed by atoms with Crippen molar-refractivity contribution in [2.45, 2.75) is 44.4 Å². The molecule has 6 rings (SSSR count). The number of anilines is 2. The number of hydrogen-bond donors (Lipinski definition) is 6. The van der Waals surface area contributed by atoms with Crippen LogP contribution in [0, 0.1) is 5.82 Å². The number of methoxy groups -OCH3 is 1. The van der Waals surface area contributed by atoms with Crippen LogP contribution in [0.2, 0.25) is 0 Å². The number of nitrogens with one attached hydrogen (secondary N) is 4. The number of H-pyrrole nitrogens is 1. The summed E-state index contributed by atoms with van der Waals surface area (Å²) in [6.45, 7) is 2.08. The van der Waals surface area contributed by atoms with Crippen LogP contribution < -0.4 is 26.2 Å². The number of phenols is 1. The quantitative estimate of drug-likeness (QED) is 0.0772. The van der Waals surface area contributed by atoms with Gasteiger partial charge >= 0.3 is 6.09 Å². The molecule has 0 bridgehead atoms. The summed E-state index contributed by atoms with van der Waals surface area (Å²) in [5.74, 6) is -0.836. The van der Waals surface area contributed by atoms with Crippen LogP contribution in [0.1, 0.15) is 42.1 Å². The van der Waals surface area contributed by atoms with Gasteiger partial charge in [-0.25, -0.2) is 9.18 Å². The molecule has 0 unspecified atom stereocenters. The minimum Gasteiger partial charge on any atom is -0.506 e. The van der Waals surface area contributed by atoms with Crippen molar-refractivity contribution in [1.29, 1.82) is 0 Å². The molecular weight excluding hydrogens is 705 g/mol. The van der Waals surface area contributed by atoms with Crippen molar-refractivity contribution in [3.05, 3.63) is 118 Å².